The summed E-state index contributed by atoms with van der Waals surface area (Å²) in [5, 5.41) is 14.4. The minimum Gasteiger partial charge on any atom is -0.481 e. The number of rotatable bonds is 6. The molecule has 1 aliphatic carbocycles. The molecule has 2 amide bonds. The molecular weight excluding hydrogens is 236 g/mol. The molecule has 0 bridgehead atoms. The summed E-state index contributed by atoms with van der Waals surface area (Å²) in [4.78, 5) is 22.4. The lowest BCUT2D eigenvalue weighted by Gasteiger charge is -2.15. The van der Waals surface area contributed by atoms with Gasteiger partial charge in [-0.15, -0.1) is 0 Å². The van der Waals surface area contributed by atoms with E-state index in [1.165, 1.54) is 0 Å². The van der Waals surface area contributed by atoms with Crippen LogP contribution in [-0.4, -0.2) is 43.4 Å². The van der Waals surface area contributed by atoms with Crippen LogP contribution in [0.3, 0.4) is 0 Å². The van der Waals surface area contributed by atoms with E-state index in [4.69, 9.17) is 9.84 Å². The van der Waals surface area contributed by atoms with Crippen molar-refractivity contribution in [3.8, 4) is 0 Å². The van der Waals surface area contributed by atoms with Gasteiger partial charge in [-0.2, -0.15) is 0 Å². The summed E-state index contributed by atoms with van der Waals surface area (Å²) < 4.78 is 4.97. The second-order valence-corrected chi connectivity index (χ2v) is 4.96. The zero-order valence-corrected chi connectivity index (χ0v) is 10.9. The van der Waals surface area contributed by atoms with Crippen LogP contribution in [0, 0.1) is 11.8 Å². The third-order valence-corrected chi connectivity index (χ3v) is 3.18. The van der Waals surface area contributed by atoms with Crippen molar-refractivity contribution >= 4 is 12.0 Å². The molecular formula is C12H22N2O4. The van der Waals surface area contributed by atoms with Crippen molar-refractivity contribution in [2.45, 2.75) is 32.2 Å². The first-order valence-corrected chi connectivity index (χ1v) is 6.29. The molecule has 6 heteroatoms. The number of carbonyl (C=O) groups excluding carboxylic acids is 1. The van der Waals surface area contributed by atoms with Crippen LogP contribution in [0.15, 0.2) is 0 Å². The van der Waals surface area contributed by atoms with E-state index in [9.17, 15) is 9.59 Å². The molecule has 1 unspecified atom stereocenters. The van der Waals surface area contributed by atoms with Crippen molar-refractivity contribution in [2.24, 2.45) is 11.8 Å². The summed E-state index contributed by atoms with van der Waals surface area (Å²) >= 11 is 0. The molecule has 1 rings (SSSR count). The summed E-state index contributed by atoms with van der Waals surface area (Å²) in [6.07, 6.45) is 1.90. The maximum absolute atomic E-state index is 11.6. The van der Waals surface area contributed by atoms with Crippen molar-refractivity contribution in [2.75, 3.05) is 20.3 Å². The van der Waals surface area contributed by atoms with Crippen LogP contribution in [0.4, 0.5) is 4.79 Å². The SMILES string of the molecule is COCC(C)CNC(=O)N[C@H]1CC[C@@H](C(=O)O)C1. The number of ether oxygens (including phenoxy) is 1. The second kappa shape index (κ2) is 7.20. The molecule has 1 aliphatic rings. The molecule has 1 saturated carbocycles. The number of nitrogens with one attached hydrogen (secondary N) is 2. The largest absolute Gasteiger partial charge is 0.481 e. The van der Waals surface area contributed by atoms with Gasteiger partial charge in [0.05, 0.1) is 12.5 Å². The van der Waals surface area contributed by atoms with Gasteiger partial charge in [-0.1, -0.05) is 6.92 Å². The standard InChI is InChI=1S/C12H22N2O4/c1-8(7-18-2)6-13-12(17)14-10-4-3-9(5-10)11(15)16/h8-10H,3-7H2,1-2H3,(H,15,16)(H2,13,14,17)/t8?,9-,10+/m1/s1. The Labute approximate surface area is 107 Å². The van der Waals surface area contributed by atoms with Crippen molar-refractivity contribution in [3.63, 3.8) is 0 Å². The summed E-state index contributed by atoms with van der Waals surface area (Å²) in [5.41, 5.74) is 0. The van der Waals surface area contributed by atoms with Gasteiger partial charge >= 0.3 is 12.0 Å². The van der Waals surface area contributed by atoms with E-state index >= 15 is 0 Å². The third-order valence-electron chi connectivity index (χ3n) is 3.18. The highest BCUT2D eigenvalue weighted by molar-refractivity contribution is 5.75. The van der Waals surface area contributed by atoms with Crippen molar-refractivity contribution in [1.82, 2.24) is 10.6 Å². The Kier molecular flexibility index (Phi) is 5.91. The number of hydrogen-bond acceptors (Lipinski definition) is 3. The molecule has 1 fully saturated rings. The van der Waals surface area contributed by atoms with Crippen LogP contribution in [-0.2, 0) is 9.53 Å². The van der Waals surface area contributed by atoms with Crippen molar-refractivity contribution in [1.29, 1.82) is 0 Å². The maximum atomic E-state index is 11.6. The predicted molar refractivity (Wildman–Crippen MR) is 66.3 cm³/mol. The minimum atomic E-state index is -0.770. The highest BCUT2D eigenvalue weighted by Gasteiger charge is 2.30. The minimum absolute atomic E-state index is 0.0242. The summed E-state index contributed by atoms with van der Waals surface area (Å²) in [7, 11) is 1.63. The molecule has 3 atom stereocenters. The summed E-state index contributed by atoms with van der Waals surface area (Å²) in [5.74, 6) is -0.827. The molecule has 6 nitrogen and oxygen atoms in total. The van der Waals surface area contributed by atoms with E-state index in [1.807, 2.05) is 6.92 Å². The van der Waals surface area contributed by atoms with Gasteiger partial charge in [0.2, 0.25) is 0 Å². The molecule has 0 aromatic rings. The quantitative estimate of drug-likeness (QED) is 0.658. The zero-order valence-electron chi connectivity index (χ0n) is 10.9. The van der Waals surface area contributed by atoms with Gasteiger partial charge in [-0.05, 0) is 25.2 Å². The number of aliphatic carboxylic acids is 1. The number of hydrogen-bond donors (Lipinski definition) is 3. The maximum Gasteiger partial charge on any atom is 0.315 e. The van der Waals surface area contributed by atoms with Gasteiger partial charge in [-0.25, -0.2) is 4.79 Å². The van der Waals surface area contributed by atoms with E-state index in [0.29, 0.717) is 26.0 Å². The fourth-order valence-corrected chi connectivity index (χ4v) is 2.18. The molecule has 0 spiro atoms. The summed E-state index contributed by atoms with van der Waals surface area (Å²) in [6.45, 7) is 3.14. The molecule has 104 valence electrons. The Morgan fingerprint density at radius 2 is 2.17 bits per heavy atom. The lowest BCUT2D eigenvalue weighted by molar-refractivity contribution is -0.141. The number of methoxy groups -OCH3 is 1. The van der Waals surface area contributed by atoms with E-state index in [0.717, 1.165) is 6.42 Å². The number of carboxylic acids is 1. The Morgan fingerprint density at radius 1 is 1.44 bits per heavy atom. The van der Waals surface area contributed by atoms with Crippen LogP contribution >= 0.6 is 0 Å². The van der Waals surface area contributed by atoms with Crippen LogP contribution in [0.1, 0.15) is 26.2 Å². The van der Waals surface area contributed by atoms with Crippen LogP contribution in [0.5, 0.6) is 0 Å². The van der Waals surface area contributed by atoms with Crippen LogP contribution in [0.25, 0.3) is 0 Å². The Morgan fingerprint density at radius 3 is 2.72 bits per heavy atom. The van der Waals surface area contributed by atoms with Crippen molar-refractivity contribution < 1.29 is 19.4 Å². The highest BCUT2D eigenvalue weighted by atomic mass is 16.5. The molecule has 0 radical (unpaired) electrons. The van der Waals surface area contributed by atoms with Crippen molar-refractivity contribution in [3.05, 3.63) is 0 Å². The van der Waals surface area contributed by atoms with Gasteiger partial charge in [0.25, 0.3) is 0 Å². The van der Waals surface area contributed by atoms with E-state index < -0.39 is 5.97 Å². The van der Waals surface area contributed by atoms with E-state index in [-0.39, 0.29) is 23.9 Å². The Hall–Kier alpha value is -1.30. The van der Waals surface area contributed by atoms with E-state index in [2.05, 4.69) is 10.6 Å². The number of carboxylic acid groups (broad SMARTS) is 1. The number of carbonyl (C=O) groups is 2. The van der Waals surface area contributed by atoms with Crippen LogP contribution in [0.2, 0.25) is 0 Å². The first kappa shape index (κ1) is 14.8. The number of urea groups is 1. The molecule has 0 heterocycles. The van der Waals surface area contributed by atoms with Gasteiger partial charge < -0.3 is 20.5 Å². The van der Waals surface area contributed by atoms with E-state index in [1.54, 1.807) is 7.11 Å². The predicted octanol–water partition coefficient (Wildman–Crippen LogP) is 0.821. The molecule has 0 aromatic carbocycles. The Bertz CT molecular complexity index is 296. The molecule has 3 N–H and O–H groups in total. The smallest absolute Gasteiger partial charge is 0.315 e. The van der Waals surface area contributed by atoms with Gasteiger partial charge in [0, 0.05) is 19.7 Å². The fourth-order valence-electron chi connectivity index (χ4n) is 2.18. The van der Waals surface area contributed by atoms with Gasteiger partial charge in [0.1, 0.15) is 0 Å². The average Bonchev–Trinajstić information content (AvgIpc) is 2.75. The highest BCUT2D eigenvalue weighted by Crippen LogP contribution is 2.25. The molecule has 0 saturated heterocycles. The zero-order chi connectivity index (χ0) is 13.5. The number of amides is 2. The lowest BCUT2D eigenvalue weighted by Crippen LogP contribution is -2.43. The first-order valence-electron chi connectivity index (χ1n) is 6.29. The second-order valence-electron chi connectivity index (χ2n) is 4.96. The molecule has 18 heavy (non-hydrogen) atoms. The topological polar surface area (TPSA) is 87.7 Å². The normalized spacial score (nSPS) is 24.6. The Balaban J connectivity index is 2.19. The fraction of sp³-hybridized carbons (Fsp3) is 0.833. The third kappa shape index (κ3) is 4.91. The summed E-state index contributed by atoms with van der Waals surface area (Å²) in [6, 6.07) is -0.252. The molecule has 0 aromatic heterocycles. The molecule has 0 aliphatic heterocycles. The van der Waals surface area contributed by atoms with Gasteiger partial charge in [0.15, 0.2) is 0 Å². The lowest BCUT2D eigenvalue weighted by atomic mass is 10.1. The van der Waals surface area contributed by atoms with Gasteiger partial charge in [-0.3, -0.25) is 4.79 Å². The van der Waals surface area contributed by atoms with Crippen LogP contribution < -0.4 is 10.6 Å². The average molecular weight is 258 g/mol. The monoisotopic (exact) mass is 258 g/mol. The first-order chi connectivity index (χ1) is 8.52.